The van der Waals surface area contributed by atoms with E-state index in [4.69, 9.17) is 4.74 Å². The molecule has 0 aromatic carbocycles. The van der Waals surface area contributed by atoms with Gasteiger partial charge >= 0.3 is 0 Å². The van der Waals surface area contributed by atoms with Gasteiger partial charge in [-0.2, -0.15) is 0 Å². The van der Waals surface area contributed by atoms with Crippen LogP contribution in [0.25, 0.3) is 0 Å². The molecule has 2 rings (SSSR count). The van der Waals surface area contributed by atoms with E-state index in [9.17, 15) is 5.11 Å². The Morgan fingerprint density at radius 3 is 2.81 bits per heavy atom. The Morgan fingerprint density at radius 1 is 1.31 bits per heavy atom. The molecule has 2 fully saturated rings. The molecule has 0 amide bonds. The molecule has 1 unspecified atom stereocenters. The molecule has 0 bridgehead atoms. The molecule has 0 aliphatic carbocycles. The van der Waals surface area contributed by atoms with Crippen molar-refractivity contribution >= 4 is 0 Å². The zero-order valence-corrected chi connectivity index (χ0v) is 10.1. The number of rotatable bonds is 4. The van der Waals surface area contributed by atoms with Gasteiger partial charge in [0.05, 0.1) is 18.8 Å². The predicted octanol–water partition coefficient (Wildman–Crippen LogP) is 0.213. The molecule has 2 aliphatic heterocycles. The second-order valence-electron chi connectivity index (χ2n) is 5.06. The van der Waals surface area contributed by atoms with Gasteiger partial charge in [0.15, 0.2) is 0 Å². The second-order valence-corrected chi connectivity index (χ2v) is 5.06. The van der Waals surface area contributed by atoms with Crippen LogP contribution < -0.4 is 5.32 Å². The summed E-state index contributed by atoms with van der Waals surface area (Å²) >= 11 is 0. The average molecular weight is 228 g/mol. The van der Waals surface area contributed by atoms with Gasteiger partial charge in [-0.1, -0.05) is 0 Å². The maximum Gasteiger partial charge on any atom is 0.0772 e. The minimum Gasteiger partial charge on any atom is -0.389 e. The van der Waals surface area contributed by atoms with Crippen molar-refractivity contribution in [2.24, 2.45) is 0 Å². The highest BCUT2D eigenvalue weighted by Crippen LogP contribution is 2.21. The fraction of sp³-hybridized carbons (Fsp3) is 1.00. The summed E-state index contributed by atoms with van der Waals surface area (Å²) in [6.45, 7) is 6.78. The third kappa shape index (κ3) is 3.70. The summed E-state index contributed by atoms with van der Waals surface area (Å²) in [6.07, 6.45) is 4.09. The Balaban J connectivity index is 1.62. The van der Waals surface area contributed by atoms with Crippen LogP contribution in [0.15, 0.2) is 0 Å². The summed E-state index contributed by atoms with van der Waals surface area (Å²) in [5.41, 5.74) is -0.440. The number of morpholine rings is 1. The SMILES string of the molecule is OC1(CCCN2CCOCC2)CCCNC1. The lowest BCUT2D eigenvalue weighted by molar-refractivity contribution is -0.00110. The van der Waals surface area contributed by atoms with Gasteiger partial charge in [-0.05, 0) is 38.8 Å². The van der Waals surface area contributed by atoms with E-state index in [0.29, 0.717) is 0 Å². The summed E-state index contributed by atoms with van der Waals surface area (Å²) in [4.78, 5) is 2.43. The first-order valence-corrected chi connectivity index (χ1v) is 6.52. The van der Waals surface area contributed by atoms with Crippen molar-refractivity contribution in [1.29, 1.82) is 0 Å². The number of nitrogens with one attached hydrogen (secondary N) is 1. The van der Waals surface area contributed by atoms with Crippen LogP contribution in [0.4, 0.5) is 0 Å². The summed E-state index contributed by atoms with van der Waals surface area (Å²) in [7, 11) is 0. The Morgan fingerprint density at radius 2 is 2.12 bits per heavy atom. The maximum absolute atomic E-state index is 10.3. The summed E-state index contributed by atoms with van der Waals surface area (Å²) in [5, 5.41) is 13.6. The number of hydrogen-bond donors (Lipinski definition) is 2. The first-order valence-electron chi connectivity index (χ1n) is 6.52. The standard InChI is InChI=1S/C12H24N2O2/c15-12(3-1-5-13-11-12)4-2-6-14-7-9-16-10-8-14/h13,15H,1-11H2. The number of nitrogens with zero attached hydrogens (tertiary/aromatic N) is 1. The van der Waals surface area contributed by atoms with E-state index >= 15 is 0 Å². The van der Waals surface area contributed by atoms with Gasteiger partial charge in [0, 0.05) is 19.6 Å². The lowest BCUT2D eigenvalue weighted by Gasteiger charge is -2.34. The van der Waals surface area contributed by atoms with Crippen molar-refractivity contribution in [1.82, 2.24) is 10.2 Å². The quantitative estimate of drug-likeness (QED) is 0.722. The van der Waals surface area contributed by atoms with Gasteiger partial charge in [-0.15, -0.1) is 0 Å². The zero-order valence-electron chi connectivity index (χ0n) is 10.1. The van der Waals surface area contributed by atoms with Crippen LogP contribution >= 0.6 is 0 Å². The number of β-amino-alcohol motifs (C(OH)–C–C–N with tert-alkyl or cyclic N) is 1. The smallest absolute Gasteiger partial charge is 0.0772 e. The van der Waals surface area contributed by atoms with Gasteiger partial charge in [-0.3, -0.25) is 4.90 Å². The number of ether oxygens (including phenoxy) is 1. The third-order valence-corrected chi connectivity index (χ3v) is 3.67. The summed E-state index contributed by atoms with van der Waals surface area (Å²) in [5.74, 6) is 0. The predicted molar refractivity (Wildman–Crippen MR) is 63.5 cm³/mol. The molecule has 0 radical (unpaired) electrons. The van der Waals surface area contributed by atoms with E-state index in [-0.39, 0.29) is 0 Å². The number of piperidine rings is 1. The average Bonchev–Trinajstić information content (AvgIpc) is 2.31. The van der Waals surface area contributed by atoms with Crippen molar-refractivity contribution in [3.63, 3.8) is 0 Å². The minimum absolute atomic E-state index is 0.440. The highest BCUT2D eigenvalue weighted by Gasteiger charge is 2.28. The molecular formula is C12H24N2O2. The molecule has 94 valence electrons. The molecule has 16 heavy (non-hydrogen) atoms. The Hall–Kier alpha value is -0.160. The fourth-order valence-corrected chi connectivity index (χ4v) is 2.62. The summed E-state index contributed by atoms with van der Waals surface area (Å²) in [6, 6.07) is 0. The van der Waals surface area contributed by atoms with Crippen LogP contribution in [0.3, 0.4) is 0 Å². The van der Waals surface area contributed by atoms with E-state index < -0.39 is 5.60 Å². The van der Waals surface area contributed by atoms with E-state index in [1.807, 2.05) is 0 Å². The lowest BCUT2D eigenvalue weighted by Crippen LogP contribution is -2.46. The van der Waals surface area contributed by atoms with Crippen molar-refractivity contribution in [3.8, 4) is 0 Å². The molecule has 0 aromatic rings. The van der Waals surface area contributed by atoms with Gasteiger partial charge < -0.3 is 15.2 Å². The minimum atomic E-state index is -0.440. The molecule has 0 spiro atoms. The largest absolute Gasteiger partial charge is 0.389 e. The van der Waals surface area contributed by atoms with Gasteiger partial charge in [-0.25, -0.2) is 0 Å². The molecule has 1 atom stereocenters. The van der Waals surface area contributed by atoms with Crippen LogP contribution in [0.5, 0.6) is 0 Å². The zero-order chi connectivity index (χ0) is 11.3. The van der Waals surface area contributed by atoms with Crippen molar-refractivity contribution < 1.29 is 9.84 Å². The van der Waals surface area contributed by atoms with Crippen LogP contribution in [-0.2, 0) is 4.74 Å². The summed E-state index contributed by atoms with van der Waals surface area (Å²) < 4.78 is 5.31. The Kier molecular flexibility index (Phi) is 4.58. The molecular weight excluding hydrogens is 204 g/mol. The van der Waals surface area contributed by atoms with E-state index in [1.165, 1.54) is 0 Å². The number of hydrogen-bond acceptors (Lipinski definition) is 4. The monoisotopic (exact) mass is 228 g/mol. The second kappa shape index (κ2) is 5.96. The van der Waals surface area contributed by atoms with Crippen molar-refractivity contribution in [2.75, 3.05) is 45.9 Å². The number of aliphatic hydroxyl groups is 1. The maximum atomic E-state index is 10.3. The van der Waals surface area contributed by atoms with Crippen LogP contribution in [0.2, 0.25) is 0 Å². The molecule has 2 N–H and O–H groups in total. The van der Waals surface area contributed by atoms with Gasteiger partial charge in [0.1, 0.15) is 0 Å². The highest BCUT2D eigenvalue weighted by atomic mass is 16.5. The van der Waals surface area contributed by atoms with Gasteiger partial charge in [0.25, 0.3) is 0 Å². The van der Waals surface area contributed by atoms with Gasteiger partial charge in [0.2, 0.25) is 0 Å². The Bertz CT molecular complexity index is 199. The lowest BCUT2D eigenvalue weighted by atomic mass is 9.89. The molecule has 2 heterocycles. The molecule has 2 aliphatic rings. The van der Waals surface area contributed by atoms with Crippen LogP contribution in [0, 0.1) is 0 Å². The molecule has 4 heteroatoms. The molecule has 2 saturated heterocycles. The Labute approximate surface area is 98.0 Å². The fourth-order valence-electron chi connectivity index (χ4n) is 2.62. The molecule has 0 aromatic heterocycles. The highest BCUT2D eigenvalue weighted by molar-refractivity contribution is 4.85. The van der Waals surface area contributed by atoms with Crippen molar-refractivity contribution in [3.05, 3.63) is 0 Å². The normalized spacial score (nSPS) is 32.8. The van der Waals surface area contributed by atoms with E-state index in [1.54, 1.807) is 0 Å². The molecule has 4 nitrogen and oxygen atoms in total. The van der Waals surface area contributed by atoms with E-state index in [2.05, 4.69) is 10.2 Å². The first-order chi connectivity index (χ1) is 7.79. The van der Waals surface area contributed by atoms with Crippen molar-refractivity contribution in [2.45, 2.75) is 31.3 Å². The third-order valence-electron chi connectivity index (χ3n) is 3.67. The first kappa shape index (κ1) is 12.3. The van der Waals surface area contributed by atoms with E-state index in [0.717, 1.165) is 71.6 Å². The topological polar surface area (TPSA) is 44.7 Å². The van der Waals surface area contributed by atoms with Crippen LogP contribution in [-0.4, -0.2) is 61.5 Å². The molecule has 0 saturated carbocycles. The van der Waals surface area contributed by atoms with Crippen LogP contribution in [0.1, 0.15) is 25.7 Å².